The molecule has 0 heterocycles. The Morgan fingerprint density at radius 1 is 1.31 bits per heavy atom. The molecule has 2 fully saturated rings. The van der Waals surface area contributed by atoms with Gasteiger partial charge in [-0.1, -0.05) is 32.6 Å². The molecule has 0 aliphatic heterocycles. The Bertz CT molecular complexity index is 235. The summed E-state index contributed by atoms with van der Waals surface area (Å²) in [5.74, 6) is 1.80. The van der Waals surface area contributed by atoms with Crippen LogP contribution in [0.1, 0.15) is 51.9 Å². The lowest BCUT2D eigenvalue weighted by Gasteiger charge is -2.49. The lowest BCUT2D eigenvalue weighted by molar-refractivity contribution is 0.0459. The molecule has 2 N–H and O–H groups in total. The minimum absolute atomic E-state index is 0.292. The fraction of sp³-hybridized carbons (Fsp3) is 1.00. The van der Waals surface area contributed by atoms with Gasteiger partial charge < -0.3 is 10.6 Å². The summed E-state index contributed by atoms with van der Waals surface area (Å²) in [6, 6.07) is 0.387. The second-order valence-corrected chi connectivity index (χ2v) is 6.49. The van der Waals surface area contributed by atoms with E-state index in [9.17, 15) is 0 Å². The smallest absolute Gasteiger partial charge is 0.0356 e. The highest BCUT2D eigenvalue weighted by molar-refractivity contribution is 5.02. The zero-order valence-corrected chi connectivity index (χ0v) is 11.2. The highest BCUT2D eigenvalue weighted by Crippen LogP contribution is 2.42. The average Bonchev–Trinajstić information content (AvgIpc) is 3.01. The van der Waals surface area contributed by atoms with Gasteiger partial charge in [0.1, 0.15) is 0 Å². The zero-order chi connectivity index (χ0) is 11.8. The molecule has 2 aliphatic carbocycles. The number of rotatable bonds is 4. The van der Waals surface area contributed by atoms with Gasteiger partial charge in [-0.3, -0.25) is 0 Å². The van der Waals surface area contributed by atoms with Crippen molar-refractivity contribution in [1.29, 1.82) is 0 Å². The standard InChI is InChI=1S/C14H28N2/c1-11-5-4-8-14(10-11,16(2)3)13(15)9-12-6-7-12/h11-13H,4-10,15H2,1-3H3. The van der Waals surface area contributed by atoms with Gasteiger partial charge in [-0.15, -0.1) is 0 Å². The number of hydrogen-bond acceptors (Lipinski definition) is 2. The normalized spacial score (nSPS) is 37.7. The molecule has 3 unspecified atom stereocenters. The van der Waals surface area contributed by atoms with E-state index in [0.29, 0.717) is 11.6 Å². The number of nitrogens with zero attached hydrogens (tertiary/aromatic N) is 1. The van der Waals surface area contributed by atoms with E-state index < -0.39 is 0 Å². The molecule has 0 radical (unpaired) electrons. The molecule has 0 aromatic rings. The minimum Gasteiger partial charge on any atom is -0.326 e. The molecule has 0 amide bonds. The first-order chi connectivity index (χ1) is 7.54. The highest BCUT2D eigenvalue weighted by atomic mass is 15.2. The summed E-state index contributed by atoms with van der Waals surface area (Å²) in [4.78, 5) is 2.43. The summed E-state index contributed by atoms with van der Waals surface area (Å²) in [5, 5.41) is 0. The largest absolute Gasteiger partial charge is 0.326 e. The Morgan fingerprint density at radius 2 is 2.00 bits per heavy atom. The van der Waals surface area contributed by atoms with Crippen LogP contribution >= 0.6 is 0 Å². The highest BCUT2D eigenvalue weighted by Gasteiger charge is 2.43. The maximum atomic E-state index is 6.55. The first kappa shape index (κ1) is 12.4. The first-order valence-corrected chi connectivity index (χ1v) is 6.97. The van der Waals surface area contributed by atoms with Gasteiger partial charge in [0.25, 0.3) is 0 Å². The van der Waals surface area contributed by atoms with Crippen LogP contribution in [0.5, 0.6) is 0 Å². The van der Waals surface area contributed by atoms with Crippen molar-refractivity contribution in [3.63, 3.8) is 0 Å². The van der Waals surface area contributed by atoms with Crippen LogP contribution in [0.3, 0.4) is 0 Å². The predicted octanol–water partition coefficient (Wildman–Crippen LogP) is 2.62. The molecule has 0 saturated heterocycles. The lowest BCUT2D eigenvalue weighted by atomic mass is 9.70. The van der Waals surface area contributed by atoms with Crippen LogP contribution in [0.15, 0.2) is 0 Å². The van der Waals surface area contributed by atoms with E-state index in [0.717, 1.165) is 11.8 Å². The van der Waals surface area contributed by atoms with Crippen molar-refractivity contribution in [2.45, 2.75) is 63.5 Å². The van der Waals surface area contributed by atoms with Crippen LogP contribution in [0.4, 0.5) is 0 Å². The topological polar surface area (TPSA) is 29.3 Å². The average molecular weight is 224 g/mol. The van der Waals surface area contributed by atoms with Crippen LogP contribution in [0, 0.1) is 11.8 Å². The van der Waals surface area contributed by atoms with E-state index >= 15 is 0 Å². The molecule has 16 heavy (non-hydrogen) atoms. The maximum absolute atomic E-state index is 6.55. The molecule has 2 nitrogen and oxygen atoms in total. The molecule has 2 aliphatic rings. The van der Waals surface area contributed by atoms with Crippen molar-refractivity contribution in [2.24, 2.45) is 17.6 Å². The van der Waals surface area contributed by atoms with E-state index in [1.165, 1.54) is 44.9 Å². The third-order valence-corrected chi connectivity index (χ3v) is 4.87. The Balaban J connectivity index is 2.06. The first-order valence-electron chi connectivity index (χ1n) is 6.97. The molecular weight excluding hydrogens is 196 g/mol. The van der Waals surface area contributed by atoms with Crippen molar-refractivity contribution in [2.75, 3.05) is 14.1 Å². The van der Waals surface area contributed by atoms with Crippen molar-refractivity contribution in [3.8, 4) is 0 Å². The van der Waals surface area contributed by atoms with E-state index in [-0.39, 0.29) is 0 Å². The summed E-state index contributed by atoms with van der Waals surface area (Å²) in [6.45, 7) is 2.39. The number of hydrogen-bond donors (Lipinski definition) is 1. The molecule has 0 aromatic carbocycles. The van der Waals surface area contributed by atoms with Gasteiger partial charge in [0.05, 0.1) is 0 Å². The molecule has 0 bridgehead atoms. The van der Waals surface area contributed by atoms with Crippen LogP contribution in [-0.4, -0.2) is 30.6 Å². The summed E-state index contributed by atoms with van der Waals surface area (Å²) in [5.41, 5.74) is 6.84. The van der Waals surface area contributed by atoms with Crippen LogP contribution in [0.25, 0.3) is 0 Å². The molecule has 2 rings (SSSR count). The SMILES string of the molecule is CC1CCCC(C(N)CC2CC2)(N(C)C)C1. The predicted molar refractivity (Wildman–Crippen MR) is 69.4 cm³/mol. The van der Waals surface area contributed by atoms with Gasteiger partial charge in [-0.25, -0.2) is 0 Å². The Morgan fingerprint density at radius 3 is 2.50 bits per heavy atom. The van der Waals surface area contributed by atoms with Crippen molar-refractivity contribution < 1.29 is 0 Å². The Labute approximate surface area is 101 Å². The van der Waals surface area contributed by atoms with Gasteiger partial charge in [0.15, 0.2) is 0 Å². The molecular formula is C14H28N2. The van der Waals surface area contributed by atoms with Crippen LogP contribution in [-0.2, 0) is 0 Å². The van der Waals surface area contributed by atoms with Gasteiger partial charge in [-0.2, -0.15) is 0 Å². The van der Waals surface area contributed by atoms with Crippen LogP contribution in [0.2, 0.25) is 0 Å². The van der Waals surface area contributed by atoms with Gasteiger partial charge in [0.2, 0.25) is 0 Å². The third-order valence-electron chi connectivity index (χ3n) is 4.87. The lowest BCUT2D eigenvalue weighted by Crippen LogP contribution is -2.59. The third kappa shape index (κ3) is 2.43. The van der Waals surface area contributed by atoms with Gasteiger partial charge in [0, 0.05) is 11.6 Å². The zero-order valence-electron chi connectivity index (χ0n) is 11.2. The van der Waals surface area contributed by atoms with Gasteiger partial charge >= 0.3 is 0 Å². The summed E-state index contributed by atoms with van der Waals surface area (Å²) in [7, 11) is 4.45. The van der Waals surface area contributed by atoms with Crippen molar-refractivity contribution >= 4 is 0 Å². The maximum Gasteiger partial charge on any atom is 0.0356 e. The van der Waals surface area contributed by atoms with E-state index in [1.54, 1.807) is 0 Å². The molecule has 94 valence electrons. The van der Waals surface area contributed by atoms with Crippen molar-refractivity contribution in [3.05, 3.63) is 0 Å². The molecule has 2 heteroatoms. The minimum atomic E-state index is 0.292. The van der Waals surface area contributed by atoms with Crippen LogP contribution < -0.4 is 5.73 Å². The second-order valence-electron chi connectivity index (χ2n) is 6.49. The van der Waals surface area contributed by atoms with E-state index in [2.05, 4.69) is 25.9 Å². The fourth-order valence-corrected chi connectivity index (χ4v) is 3.57. The monoisotopic (exact) mass is 224 g/mol. The van der Waals surface area contributed by atoms with E-state index in [1.807, 2.05) is 0 Å². The second kappa shape index (κ2) is 4.66. The van der Waals surface area contributed by atoms with Crippen molar-refractivity contribution in [1.82, 2.24) is 4.90 Å². The Hall–Kier alpha value is -0.0800. The Kier molecular flexibility index (Phi) is 3.60. The van der Waals surface area contributed by atoms with Gasteiger partial charge in [-0.05, 0) is 45.2 Å². The number of nitrogens with two attached hydrogens (primary N) is 1. The summed E-state index contributed by atoms with van der Waals surface area (Å²) >= 11 is 0. The summed E-state index contributed by atoms with van der Waals surface area (Å²) in [6.07, 6.45) is 9.46. The molecule has 2 saturated carbocycles. The fourth-order valence-electron chi connectivity index (χ4n) is 3.57. The quantitative estimate of drug-likeness (QED) is 0.795. The number of likely N-dealkylation sites (N-methyl/N-ethyl adjacent to an activating group) is 1. The molecule has 0 aromatic heterocycles. The molecule has 3 atom stereocenters. The molecule has 0 spiro atoms. The van der Waals surface area contributed by atoms with E-state index in [4.69, 9.17) is 5.73 Å². The summed E-state index contributed by atoms with van der Waals surface area (Å²) < 4.78 is 0.